The summed E-state index contributed by atoms with van der Waals surface area (Å²) >= 11 is 0. The molecule has 0 spiro atoms. The van der Waals surface area contributed by atoms with Crippen molar-refractivity contribution < 1.29 is 14.6 Å². The molecule has 0 aromatic carbocycles. The van der Waals surface area contributed by atoms with E-state index >= 15 is 0 Å². The molecule has 2 saturated carbocycles. The summed E-state index contributed by atoms with van der Waals surface area (Å²) in [7, 11) is 0. The van der Waals surface area contributed by atoms with Crippen LogP contribution < -0.4 is 0 Å². The molecule has 18 heavy (non-hydrogen) atoms. The fraction of sp³-hybridized carbons (Fsp3) is 0.933. The Bertz CT molecular complexity index is 367. The van der Waals surface area contributed by atoms with Crippen molar-refractivity contribution in [3.63, 3.8) is 0 Å². The lowest BCUT2D eigenvalue weighted by Gasteiger charge is -2.53. The van der Waals surface area contributed by atoms with Crippen molar-refractivity contribution in [2.45, 2.75) is 58.7 Å². The number of aliphatic hydroxyl groups excluding tert-OH is 1. The number of esters is 1. The first-order chi connectivity index (χ1) is 8.42. The van der Waals surface area contributed by atoms with Gasteiger partial charge in [-0.3, -0.25) is 4.79 Å². The summed E-state index contributed by atoms with van der Waals surface area (Å²) in [5.74, 6) is 1.31. The third-order valence-corrected chi connectivity index (χ3v) is 6.10. The van der Waals surface area contributed by atoms with Crippen LogP contribution in [0.3, 0.4) is 0 Å². The maximum atomic E-state index is 11.7. The molecule has 0 amide bonds. The third kappa shape index (κ3) is 1.63. The number of carbonyl (C=O) groups is 1. The molecule has 1 N–H and O–H groups in total. The molecular weight excluding hydrogens is 228 g/mol. The quantitative estimate of drug-likeness (QED) is 0.673. The summed E-state index contributed by atoms with van der Waals surface area (Å²) in [5, 5.41) is 10.1. The molecule has 1 saturated heterocycles. The molecule has 0 aromatic heterocycles. The smallest absolute Gasteiger partial charge is 0.309 e. The molecule has 0 unspecified atom stereocenters. The van der Waals surface area contributed by atoms with Gasteiger partial charge in [-0.05, 0) is 42.9 Å². The minimum atomic E-state index is -0.159. The zero-order chi connectivity index (χ0) is 13.1. The number of rotatable bonds is 0. The van der Waals surface area contributed by atoms with Gasteiger partial charge in [-0.1, -0.05) is 20.8 Å². The Hall–Kier alpha value is -0.570. The Morgan fingerprint density at radius 1 is 1.39 bits per heavy atom. The summed E-state index contributed by atoms with van der Waals surface area (Å²) in [6.45, 7) is 6.50. The second kappa shape index (κ2) is 3.96. The van der Waals surface area contributed by atoms with E-state index in [-0.39, 0.29) is 29.5 Å². The largest absolute Gasteiger partial charge is 0.462 e. The normalized spacial score (nSPS) is 55.7. The topological polar surface area (TPSA) is 46.5 Å². The van der Waals surface area contributed by atoms with E-state index in [1.807, 2.05) is 6.92 Å². The second-order valence-corrected chi connectivity index (χ2v) is 7.09. The highest BCUT2D eigenvalue weighted by atomic mass is 16.6. The van der Waals surface area contributed by atoms with Gasteiger partial charge in [0.2, 0.25) is 0 Å². The number of ether oxygens (including phenoxy) is 1. The Kier molecular flexibility index (Phi) is 2.74. The minimum absolute atomic E-state index is 0.0135. The van der Waals surface area contributed by atoms with Gasteiger partial charge in [0, 0.05) is 5.92 Å². The fourth-order valence-electron chi connectivity index (χ4n) is 4.72. The van der Waals surface area contributed by atoms with Gasteiger partial charge in [0.25, 0.3) is 0 Å². The molecule has 0 bridgehead atoms. The maximum Gasteiger partial charge on any atom is 0.309 e. The van der Waals surface area contributed by atoms with E-state index in [2.05, 4.69) is 13.8 Å². The van der Waals surface area contributed by atoms with Gasteiger partial charge in [-0.15, -0.1) is 0 Å². The van der Waals surface area contributed by atoms with Crippen LogP contribution in [0.15, 0.2) is 0 Å². The zero-order valence-electron chi connectivity index (χ0n) is 11.6. The molecule has 1 aliphatic heterocycles. The van der Waals surface area contributed by atoms with Crippen LogP contribution in [0.25, 0.3) is 0 Å². The first-order valence-corrected chi connectivity index (χ1v) is 7.31. The van der Waals surface area contributed by atoms with E-state index in [0.717, 1.165) is 25.7 Å². The minimum Gasteiger partial charge on any atom is -0.462 e. The standard InChI is InChI=1S/C15H24O3/c1-8-10-6-11-9(2)12(16)4-5-15(11,3)7-13(10)18-14(8)17/h8-13,16H,4-7H2,1-3H3/t8-,9-,10-,11-,12-,13-,15-/m1/s1. The van der Waals surface area contributed by atoms with Crippen LogP contribution in [0.5, 0.6) is 0 Å². The summed E-state index contributed by atoms with van der Waals surface area (Å²) in [5.41, 5.74) is 0.254. The van der Waals surface area contributed by atoms with E-state index in [0.29, 0.717) is 17.8 Å². The van der Waals surface area contributed by atoms with Crippen LogP contribution in [0.4, 0.5) is 0 Å². The lowest BCUT2D eigenvalue weighted by atomic mass is 9.53. The molecule has 2 aliphatic carbocycles. The van der Waals surface area contributed by atoms with Crippen LogP contribution in [0.1, 0.15) is 46.5 Å². The first-order valence-electron chi connectivity index (χ1n) is 7.31. The molecule has 3 rings (SSSR count). The highest BCUT2D eigenvalue weighted by molar-refractivity contribution is 5.74. The van der Waals surface area contributed by atoms with Crippen molar-refractivity contribution >= 4 is 5.97 Å². The van der Waals surface area contributed by atoms with Crippen molar-refractivity contribution in [1.82, 2.24) is 0 Å². The Morgan fingerprint density at radius 2 is 2.11 bits per heavy atom. The van der Waals surface area contributed by atoms with Gasteiger partial charge in [0.15, 0.2) is 0 Å². The lowest BCUT2D eigenvalue weighted by Crippen LogP contribution is -2.50. The van der Waals surface area contributed by atoms with Gasteiger partial charge < -0.3 is 9.84 Å². The lowest BCUT2D eigenvalue weighted by molar-refractivity contribution is -0.148. The van der Waals surface area contributed by atoms with E-state index in [1.54, 1.807) is 0 Å². The monoisotopic (exact) mass is 252 g/mol. The van der Waals surface area contributed by atoms with Crippen molar-refractivity contribution in [2.75, 3.05) is 0 Å². The number of fused-ring (bicyclic) bond motifs is 2. The van der Waals surface area contributed by atoms with Gasteiger partial charge in [0.1, 0.15) is 6.10 Å². The SMILES string of the molecule is C[C@H]1[C@H](O)CC[C@]2(C)C[C@H]3OC(=O)[C@H](C)[C@H]3C[C@H]12. The molecule has 102 valence electrons. The molecule has 3 heteroatoms. The van der Waals surface area contributed by atoms with Gasteiger partial charge >= 0.3 is 5.97 Å². The van der Waals surface area contributed by atoms with Crippen molar-refractivity contribution in [1.29, 1.82) is 0 Å². The molecule has 3 fully saturated rings. The molecule has 3 nitrogen and oxygen atoms in total. The number of hydrogen-bond acceptors (Lipinski definition) is 3. The predicted molar refractivity (Wildman–Crippen MR) is 67.8 cm³/mol. The number of carbonyl (C=O) groups excluding carboxylic acids is 1. The average Bonchev–Trinajstić information content (AvgIpc) is 2.58. The number of hydrogen-bond donors (Lipinski definition) is 1. The van der Waals surface area contributed by atoms with E-state index in [4.69, 9.17) is 4.74 Å². The van der Waals surface area contributed by atoms with Crippen LogP contribution in [-0.4, -0.2) is 23.3 Å². The van der Waals surface area contributed by atoms with E-state index in [9.17, 15) is 9.90 Å². The average molecular weight is 252 g/mol. The Balaban J connectivity index is 1.86. The van der Waals surface area contributed by atoms with Crippen molar-refractivity contribution in [3.05, 3.63) is 0 Å². The van der Waals surface area contributed by atoms with E-state index in [1.165, 1.54) is 0 Å². The molecule has 1 heterocycles. The van der Waals surface area contributed by atoms with Crippen LogP contribution in [0.2, 0.25) is 0 Å². The molecule has 3 aliphatic rings. The Morgan fingerprint density at radius 3 is 2.83 bits per heavy atom. The highest BCUT2D eigenvalue weighted by Crippen LogP contribution is 2.57. The summed E-state index contributed by atoms with van der Waals surface area (Å²) in [4.78, 5) is 11.7. The highest BCUT2D eigenvalue weighted by Gasteiger charge is 2.55. The van der Waals surface area contributed by atoms with E-state index < -0.39 is 0 Å². The number of aliphatic hydroxyl groups is 1. The summed E-state index contributed by atoms with van der Waals surface area (Å²) < 4.78 is 5.55. The zero-order valence-corrected chi connectivity index (χ0v) is 11.6. The summed E-state index contributed by atoms with van der Waals surface area (Å²) in [6.07, 6.45) is 3.99. The van der Waals surface area contributed by atoms with Gasteiger partial charge in [-0.2, -0.15) is 0 Å². The van der Waals surface area contributed by atoms with Crippen LogP contribution in [0, 0.1) is 29.1 Å². The molecule has 0 radical (unpaired) electrons. The second-order valence-electron chi connectivity index (χ2n) is 7.09. The first kappa shape index (κ1) is 12.5. The fourth-order valence-corrected chi connectivity index (χ4v) is 4.72. The molecule has 0 aromatic rings. The van der Waals surface area contributed by atoms with Crippen molar-refractivity contribution in [2.24, 2.45) is 29.1 Å². The maximum absolute atomic E-state index is 11.7. The molecule has 7 atom stereocenters. The van der Waals surface area contributed by atoms with Crippen molar-refractivity contribution in [3.8, 4) is 0 Å². The third-order valence-electron chi connectivity index (χ3n) is 6.10. The van der Waals surface area contributed by atoms with Gasteiger partial charge in [0.05, 0.1) is 12.0 Å². The molecular formula is C15H24O3. The van der Waals surface area contributed by atoms with Crippen LogP contribution in [-0.2, 0) is 9.53 Å². The summed E-state index contributed by atoms with van der Waals surface area (Å²) in [6, 6.07) is 0. The van der Waals surface area contributed by atoms with Gasteiger partial charge in [-0.25, -0.2) is 0 Å². The Labute approximate surface area is 109 Å². The predicted octanol–water partition coefficient (Wildman–Crippen LogP) is 2.37. The van der Waals surface area contributed by atoms with Crippen LogP contribution >= 0.6 is 0 Å².